The topological polar surface area (TPSA) is 72.5 Å². The van der Waals surface area contributed by atoms with Crippen molar-refractivity contribution in [3.63, 3.8) is 0 Å². The van der Waals surface area contributed by atoms with Crippen molar-refractivity contribution in [2.75, 3.05) is 0 Å². The zero-order valence-corrected chi connectivity index (χ0v) is 14.8. The van der Waals surface area contributed by atoms with Crippen molar-refractivity contribution >= 4 is 11.5 Å². The van der Waals surface area contributed by atoms with Crippen molar-refractivity contribution in [3.8, 4) is 5.75 Å². The molecule has 3 aromatic rings. The molecule has 27 heavy (non-hydrogen) atoms. The van der Waals surface area contributed by atoms with Crippen LogP contribution in [0.2, 0.25) is 0 Å². The van der Waals surface area contributed by atoms with E-state index in [4.69, 9.17) is 10.5 Å². The minimum Gasteiger partial charge on any atom is -0.488 e. The summed E-state index contributed by atoms with van der Waals surface area (Å²) in [6.45, 7) is 0.756. The highest BCUT2D eigenvalue weighted by Crippen LogP contribution is 2.32. The summed E-state index contributed by atoms with van der Waals surface area (Å²) in [7, 11) is 0. The number of nitrogens with two attached hydrogens (primary N) is 1. The molecular weight excluding hydrogens is 338 g/mol. The van der Waals surface area contributed by atoms with Crippen LogP contribution in [0.3, 0.4) is 0 Å². The van der Waals surface area contributed by atoms with Gasteiger partial charge >= 0.3 is 5.97 Å². The second-order valence-electron chi connectivity index (χ2n) is 6.07. The molecule has 4 heteroatoms. The Bertz CT molecular complexity index is 934. The SMILES string of the molecule is NCc1ccc(OCc2ccccc2)c(/C(=C/C(=O)O)c2ccccc2)c1. The van der Waals surface area contributed by atoms with Gasteiger partial charge in [-0.15, -0.1) is 0 Å². The van der Waals surface area contributed by atoms with Gasteiger partial charge in [-0.1, -0.05) is 66.7 Å². The van der Waals surface area contributed by atoms with Crippen LogP contribution in [0, 0.1) is 0 Å². The molecule has 0 aliphatic rings. The molecule has 0 unspecified atom stereocenters. The number of carboxylic acids is 1. The van der Waals surface area contributed by atoms with E-state index in [0.29, 0.717) is 30.0 Å². The summed E-state index contributed by atoms with van der Waals surface area (Å²) in [6.07, 6.45) is 1.21. The van der Waals surface area contributed by atoms with Gasteiger partial charge in [0.05, 0.1) is 0 Å². The fourth-order valence-corrected chi connectivity index (χ4v) is 2.83. The lowest BCUT2D eigenvalue weighted by molar-refractivity contribution is -0.131. The molecule has 136 valence electrons. The molecule has 0 spiro atoms. The van der Waals surface area contributed by atoms with Crippen molar-refractivity contribution in [3.05, 3.63) is 107 Å². The van der Waals surface area contributed by atoms with Gasteiger partial charge in [-0.25, -0.2) is 4.79 Å². The number of hydrogen-bond acceptors (Lipinski definition) is 3. The Kier molecular flexibility index (Phi) is 6.02. The lowest BCUT2D eigenvalue weighted by Gasteiger charge is -2.16. The van der Waals surface area contributed by atoms with Gasteiger partial charge in [0.1, 0.15) is 12.4 Å². The number of benzene rings is 3. The normalized spacial score (nSPS) is 11.2. The van der Waals surface area contributed by atoms with Crippen LogP contribution >= 0.6 is 0 Å². The fraction of sp³-hybridized carbons (Fsp3) is 0.0870. The van der Waals surface area contributed by atoms with Crippen molar-refractivity contribution in [2.45, 2.75) is 13.2 Å². The average Bonchev–Trinajstić information content (AvgIpc) is 2.72. The van der Waals surface area contributed by atoms with Gasteiger partial charge in [-0.05, 0) is 34.4 Å². The first kappa shape index (κ1) is 18.4. The molecule has 0 heterocycles. The lowest BCUT2D eigenvalue weighted by atomic mass is 9.95. The summed E-state index contributed by atoms with van der Waals surface area (Å²) >= 11 is 0. The third-order valence-electron chi connectivity index (χ3n) is 4.16. The molecule has 0 aliphatic carbocycles. The maximum atomic E-state index is 11.5. The summed E-state index contributed by atoms with van der Waals surface area (Å²) in [5.41, 5.74) is 9.84. The van der Waals surface area contributed by atoms with E-state index >= 15 is 0 Å². The third-order valence-corrected chi connectivity index (χ3v) is 4.16. The quantitative estimate of drug-likeness (QED) is 0.619. The summed E-state index contributed by atoms with van der Waals surface area (Å²) in [6, 6.07) is 24.9. The van der Waals surface area contributed by atoms with Crippen LogP contribution < -0.4 is 10.5 Å². The smallest absolute Gasteiger partial charge is 0.328 e. The molecule has 0 radical (unpaired) electrons. The van der Waals surface area contributed by atoms with Crippen molar-refractivity contribution in [1.29, 1.82) is 0 Å². The van der Waals surface area contributed by atoms with E-state index in [9.17, 15) is 9.90 Å². The maximum Gasteiger partial charge on any atom is 0.328 e. The van der Waals surface area contributed by atoms with Crippen LogP contribution in [-0.2, 0) is 17.9 Å². The van der Waals surface area contributed by atoms with Gasteiger partial charge in [-0.3, -0.25) is 0 Å². The first-order valence-electron chi connectivity index (χ1n) is 8.67. The molecule has 0 bridgehead atoms. The lowest BCUT2D eigenvalue weighted by Crippen LogP contribution is -2.03. The highest BCUT2D eigenvalue weighted by molar-refractivity contribution is 5.96. The molecule has 3 rings (SSSR count). The van der Waals surface area contributed by atoms with Gasteiger partial charge in [0.15, 0.2) is 0 Å². The third kappa shape index (κ3) is 4.84. The average molecular weight is 359 g/mol. The fourth-order valence-electron chi connectivity index (χ4n) is 2.83. The van der Waals surface area contributed by atoms with Gasteiger partial charge in [0.2, 0.25) is 0 Å². The van der Waals surface area contributed by atoms with E-state index in [2.05, 4.69) is 0 Å². The van der Waals surface area contributed by atoms with E-state index in [1.54, 1.807) is 0 Å². The summed E-state index contributed by atoms with van der Waals surface area (Å²) in [5.74, 6) is -0.395. The van der Waals surface area contributed by atoms with Crippen LogP contribution in [0.1, 0.15) is 22.3 Å². The molecule has 3 N–H and O–H groups in total. The number of carboxylic acid groups (broad SMARTS) is 1. The molecule has 3 aromatic carbocycles. The van der Waals surface area contributed by atoms with E-state index in [1.807, 2.05) is 78.9 Å². The van der Waals surface area contributed by atoms with E-state index < -0.39 is 5.97 Å². The molecule has 0 amide bonds. The van der Waals surface area contributed by atoms with Crippen molar-refractivity contribution in [2.24, 2.45) is 5.73 Å². The second kappa shape index (κ2) is 8.83. The van der Waals surface area contributed by atoms with Gasteiger partial charge in [0.25, 0.3) is 0 Å². The van der Waals surface area contributed by atoms with Gasteiger partial charge in [-0.2, -0.15) is 0 Å². The first-order chi connectivity index (χ1) is 13.2. The number of hydrogen-bond donors (Lipinski definition) is 2. The molecular formula is C23H21NO3. The summed E-state index contributed by atoms with van der Waals surface area (Å²) in [5, 5.41) is 9.39. The van der Waals surface area contributed by atoms with Crippen LogP contribution in [-0.4, -0.2) is 11.1 Å². The number of rotatable bonds is 7. The van der Waals surface area contributed by atoms with Crippen LogP contribution in [0.5, 0.6) is 5.75 Å². The van der Waals surface area contributed by atoms with E-state index in [-0.39, 0.29) is 0 Å². The van der Waals surface area contributed by atoms with Crippen LogP contribution in [0.15, 0.2) is 84.9 Å². The monoisotopic (exact) mass is 359 g/mol. The van der Waals surface area contributed by atoms with Crippen LogP contribution in [0.4, 0.5) is 0 Å². The zero-order chi connectivity index (χ0) is 19.1. The summed E-state index contributed by atoms with van der Waals surface area (Å²) < 4.78 is 6.03. The Balaban J connectivity index is 2.03. The molecule has 4 nitrogen and oxygen atoms in total. The Hall–Kier alpha value is -3.37. The number of ether oxygens (including phenoxy) is 1. The predicted molar refractivity (Wildman–Crippen MR) is 106 cm³/mol. The summed E-state index contributed by atoms with van der Waals surface area (Å²) in [4.78, 5) is 11.5. The molecule has 0 fully saturated rings. The molecule has 0 atom stereocenters. The standard InChI is InChI=1S/C23H21NO3/c24-15-18-11-12-22(27-16-17-7-3-1-4-8-17)21(13-18)20(14-23(25)26)19-9-5-2-6-10-19/h1-14H,15-16,24H2,(H,25,26)/b20-14+. The highest BCUT2D eigenvalue weighted by Gasteiger charge is 2.14. The largest absolute Gasteiger partial charge is 0.488 e. The minimum atomic E-state index is -1.01. The minimum absolute atomic E-state index is 0.362. The Morgan fingerprint density at radius 2 is 1.59 bits per heavy atom. The molecule has 0 aromatic heterocycles. The zero-order valence-electron chi connectivity index (χ0n) is 14.8. The highest BCUT2D eigenvalue weighted by atomic mass is 16.5. The van der Waals surface area contributed by atoms with E-state index in [0.717, 1.165) is 16.7 Å². The Labute approximate surface area is 158 Å². The second-order valence-corrected chi connectivity index (χ2v) is 6.07. The number of aliphatic carboxylic acids is 1. The maximum absolute atomic E-state index is 11.5. The van der Waals surface area contributed by atoms with Gasteiger partial charge < -0.3 is 15.6 Å². The predicted octanol–water partition coefficient (Wildman–Crippen LogP) is 4.24. The molecule has 0 aliphatic heterocycles. The van der Waals surface area contributed by atoms with Gasteiger partial charge in [0, 0.05) is 18.2 Å². The first-order valence-corrected chi connectivity index (χ1v) is 8.67. The molecule has 0 saturated carbocycles. The van der Waals surface area contributed by atoms with Crippen LogP contribution in [0.25, 0.3) is 5.57 Å². The molecule has 0 saturated heterocycles. The van der Waals surface area contributed by atoms with Crippen molar-refractivity contribution in [1.82, 2.24) is 0 Å². The number of carbonyl (C=O) groups is 1. The Morgan fingerprint density at radius 1 is 0.926 bits per heavy atom. The Morgan fingerprint density at radius 3 is 2.22 bits per heavy atom. The van der Waals surface area contributed by atoms with Crippen molar-refractivity contribution < 1.29 is 14.6 Å². The van der Waals surface area contributed by atoms with E-state index in [1.165, 1.54) is 6.08 Å².